The van der Waals surface area contributed by atoms with Gasteiger partial charge in [0.2, 0.25) is 0 Å². The van der Waals surface area contributed by atoms with E-state index in [0.29, 0.717) is 6.61 Å². The summed E-state index contributed by atoms with van der Waals surface area (Å²) in [6.07, 6.45) is 3.79. The van der Waals surface area contributed by atoms with Crippen molar-refractivity contribution in [3.63, 3.8) is 0 Å². The molecule has 0 aromatic heterocycles. The van der Waals surface area contributed by atoms with Crippen LogP contribution in [0.5, 0.6) is 11.5 Å². The number of nitrogens with zero attached hydrogens (tertiary/aromatic N) is 1. The summed E-state index contributed by atoms with van der Waals surface area (Å²) >= 11 is 0. The Kier molecular flexibility index (Phi) is 9.51. The van der Waals surface area contributed by atoms with Gasteiger partial charge in [-0.05, 0) is 62.2 Å². The minimum atomic E-state index is -1.82. The zero-order valence-corrected chi connectivity index (χ0v) is 16.3. The summed E-state index contributed by atoms with van der Waals surface area (Å²) in [4.78, 5) is 20.7. The Labute approximate surface area is 170 Å². The van der Waals surface area contributed by atoms with Gasteiger partial charge in [0.25, 0.3) is 0 Å². The van der Waals surface area contributed by atoms with Crippen LogP contribution in [0.2, 0.25) is 0 Å². The van der Waals surface area contributed by atoms with Crippen LogP contribution in [0.25, 0.3) is 0 Å². The molecule has 0 unspecified atom stereocenters. The molecular weight excluding hydrogens is 374 g/mol. The Morgan fingerprint density at radius 3 is 1.93 bits per heavy atom. The van der Waals surface area contributed by atoms with E-state index in [2.05, 4.69) is 17.0 Å². The normalized spacial score (nSPS) is 13.2. The first-order chi connectivity index (χ1) is 14.0. The van der Waals surface area contributed by atoms with Crippen LogP contribution in [0.1, 0.15) is 24.8 Å². The van der Waals surface area contributed by atoms with E-state index in [1.807, 2.05) is 42.5 Å². The van der Waals surface area contributed by atoms with Gasteiger partial charge in [0, 0.05) is 6.54 Å². The molecule has 0 bridgehead atoms. The molecule has 1 aliphatic rings. The lowest BCUT2D eigenvalue weighted by molar-refractivity contribution is -0.159. The molecule has 7 nitrogen and oxygen atoms in total. The number of carboxylic acids is 2. The molecule has 2 N–H and O–H groups in total. The molecule has 3 rings (SSSR count). The highest BCUT2D eigenvalue weighted by molar-refractivity contribution is 6.27. The molecule has 0 radical (unpaired) electrons. The number of hydrogen-bond donors (Lipinski definition) is 2. The van der Waals surface area contributed by atoms with Crippen LogP contribution in [-0.2, 0) is 16.2 Å². The number of aliphatic carboxylic acids is 2. The minimum absolute atomic E-state index is 0.594. The van der Waals surface area contributed by atoms with E-state index < -0.39 is 11.9 Å². The highest BCUT2D eigenvalue weighted by Crippen LogP contribution is 2.19. The molecule has 1 aliphatic heterocycles. The summed E-state index contributed by atoms with van der Waals surface area (Å²) < 4.78 is 11.6. The summed E-state index contributed by atoms with van der Waals surface area (Å²) in [5.74, 6) is -1.86. The summed E-state index contributed by atoms with van der Waals surface area (Å²) in [6.45, 7) is 5.04. The Hall–Kier alpha value is -3.06. The number of carboxylic acid groups (broad SMARTS) is 2. The third-order valence-electron chi connectivity index (χ3n) is 4.34. The fourth-order valence-electron chi connectivity index (χ4n) is 2.86. The maximum atomic E-state index is 9.10. The van der Waals surface area contributed by atoms with Gasteiger partial charge >= 0.3 is 11.9 Å². The molecule has 0 spiro atoms. The summed E-state index contributed by atoms with van der Waals surface area (Å²) in [7, 11) is 0. The summed E-state index contributed by atoms with van der Waals surface area (Å²) in [6, 6.07) is 18.1. The lowest BCUT2D eigenvalue weighted by atomic mass is 10.2. The second-order valence-electron chi connectivity index (χ2n) is 6.61. The lowest BCUT2D eigenvalue weighted by Crippen LogP contribution is -2.21. The van der Waals surface area contributed by atoms with Gasteiger partial charge in [-0.3, -0.25) is 0 Å². The third kappa shape index (κ3) is 9.12. The van der Waals surface area contributed by atoms with Gasteiger partial charge in [0.1, 0.15) is 18.1 Å². The Morgan fingerprint density at radius 2 is 1.38 bits per heavy atom. The molecule has 29 heavy (non-hydrogen) atoms. The van der Waals surface area contributed by atoms with E-state index in [9.17, 15) is 0 Å². The van der Waals surface area contributed by atoms with Crippen LogP contribution >= 0.6 is 0 Å². The summed E-state index contributed by atoms with van der Waals surface area (Å²) in [5.41, 5.74) is 1.18. The highest BCUT2D eigenvalue weighted by atomic mass is 16.5. The van der Waals surface area contributed by atoms with Crippen molar-refractivity contribution in [1.82, 2.24) is 4.90 Å². The minimum Gasteiger partial charge on any atom is -0.494 e. The zero-order valence-electron chi connectivity index (χ0n) is 16.3. The zero-order chi connectivity index (χ0) is 20.9. The van der Waals surface area contributed by atoms with Gasteiger partial charge in [-0.1, -0.05) is 30.3 Å². The van der Waals surface area contributed by atoms with E-state index in [1.165, 1.54) is 31.5 Å². The van der Waals surface area contributed by atoms with Crippen LogP contribution in [0.4, 0.5) is 0 Å². The molecule has 0 atom stereocenters. The Morgan fingerprint density at radius 1 is 0.828 bits per heavy atom. The monoisotopic (exact) mass is 401 g/mol. The lowest BCUT2D eigenvalue weighted by Gasteiger charge is -2.14. The first-order valence-electron chi connectivity index (χ1n) is 9.63. The number of likely N-dealkylation sites (tertiary alicyclic amines) is 1. The van der Waals surface area contributed by atoms with Crippen molar-refractivity contribution >= 4 is 11.9 Å². The predicted octanol–water partition coefficient (Wildman–Crippen LogP) is 3.29. The second kappa shape index (κ2) is 12.4. The largest absolute Gasteiger partial charge is 0.494 e. The van der Waals surface area contributed by atoms with E-state index in [1.54, 1.807) is 0 Å². The number of rotatable bonds is 8. The second-order valence-corrected chi connectivity index (χ2v) is 6.61. The van der Waals surface area contributed by atoms with Crippen molar-refractivity contribution in [2.75, 3.05) is 26.2 Å². The standard InChI is InChI=1S/C20H25NO2.C2H2O4/c1-2-7-18(8-3-1)17-23-20-11-9-19(10-12-20)22-16-6-15-21-13-4-5-14-21;3-1(4)2(5)6/h1-3,7-12H,4-6,13-17H2;(H,3,4)(H,5,6). The van der Waals surface area contributed by atoms with E-state index in [-0.39, 0.29) is 0 Å². The van der Waals surface area contributed by atoms with Crippen LogP contribution in [0.15, 0.2) is 54.6 Å². The van der Waals surface area contributed by atoms with Crippen molar-refractivity contribution in [2.45, 2.75) is 25.9 Å². The quantitative estimate of drug-likeness (QED) is 0.517. The van der Waals surface area contributed by atoms with Crippen molar-refractivity contribution in [2.24, 2.45) is 0 Å². The first-order valence-corrected chi connectivity index (χ1v) is 9.63. The number of carbonyl (C=O) groups is 2. The Balaban J connectivity index is 0.000000438. The van der Waals surface area contributed by atoms with E-state index in [4.69, 9.17) is 29.3 Å². The maximum absolute atomic E-state index is 9.10. The third-order valence-corrected chi connectivity index (χ3v) is 4.34. The smallest absolute Gasteiger partial charge is 0.414 e. The number of hydrogen-bond acceptors (Lipinski definition) is 5. The molecule has 7 heteroatoms. The molecule has 2 aromatic carbocycles. The van der Waals surface area contributed by atoms with Crippen molar-refractivity contribution < 1.29 is 29.3 Å². The predicted molar refractivity (Wildman–Crippen MR) is 108 cm³/mol. The maximum Gasteiger partial charge on any atom is 0.414 e. The van der Waals surface area contributed by atoms with Gasteiger partial charge in [-0.15, -0.1) is 0 Å². The van der Waals surface area contributed by atoms with Gasteiger partial charge in [-0.25, -0.2) is 9.59 Å². The molecule has 1 heterocycles. The molecule has 0 aliphatic carbocycles. The highest BCUT2D eigenvalue weighted by Gasteiger charge is 2.10. The van der Waals surface area contributed by atoms with Crippen molar-refractivity contribution in [3.8, 4) is 11.5 Å². The van der Waals surface area contributed by atoms with Gasteiger partial charge in [0.05, 0.1) is 6.61 Å². The van der Waals surface area contributed by atoms with Gasteiger partial charge in [0.15, 0.2) is 0 Å². The van der Waals surface area contributed by atoms with Gasteiger partial charge < -0.3 is 24.6 Å². The molecule has 2 aromatic rings. The molecule has 1 saturated heterocycles. The first kappa shape index (κ1) is 22.2. The fraction of sp³-hybridized carbons (Fsp3) is 0.364. The average molecular weight is 401 g/mol. The van der Waals surface area contributed by atoms with Crippen LogP contribution in [-0.4, -0.2) is 53.3 Å². The van der Waals surface area contributed by atoms with Gasteiger partial charge in [-0.2, -0.15) is 0 Å². The van der Waals surface area contributed by atoms with Crippen molar-refractivity contribution in [3.05, 3.63) is 60.2 Å². The van der Waals surface area contributed by atoms with E-state index in [0.717, 1.165) is 31.1 Å². The van der Waals surface area contributed by atoms with Crippen LogP contribution in [0, 0.1) is 0 Å². The van der Waals surface area contributed by atoms with Crippen LogP contribution < -0.4 is 9.47 Å². The van der Waals surface area contributed by atoms with Crippen molar-refractivity contribution in [1.29, 1.82) is 0 Å². The number of ether oxygens (including phenoxy) is 2. The van der Waals surface area contributed by atoms with E-state index >= 15 is 0 Å². The molecule has 0 saturated carbocycles. The molecule has 1 fully saturated rings. The summed E-state index contributed by atoms with van der Waals surface area (Å²) in [5, 5.41) is 14.8. The molecule has 0 amide bonds. The molecular formula is C22H27NO6. The topological polar surface area (TPSA) is 96.3 Å². The SMILES string of the molecule is O=C(O)C(=O)O.c1ccc(COc2ccc(OCCCN3CCCC3)cc2)cc1. The molecule has 156 valence electrons. The number of benzene rings is 2. The Bertz CT molecular complexity index is 730. The van der Waals surface area contributed by atoms with Crippen LogP contribution in [0.3, 0.4) is 0 Å². The average Bonchev–Trinajstić information content (AvgIpc) is 3.25. The fourth-order valence-corrected chi connectivity index (χ4v) is 2.86.